The predicted molar refractivity (Wildman–Crippen MR) is 92.4 cm³/mol. The Morgan fingerprint density at radius 3 is 2.79 bits per heavy atom. The molecule has 0 radical (unpaired) electrons. The molecular weight excluding hydrogens is 302 g/mol. The van der Waals surface area contributed by atoms with Gasteiger partial charge >= 0.3 is 0 Å². The van der Waals surface area contributed by atoms with Gasteiger partial charge in [0.2, 0.25) is 5.91 Å². The molecule has 1 aliphatic rings. The first-order valence-electron chi connectivity index (χ1n) is 8.68. The van der Waals surface area contributed by atoms with Crippen LogP contribution in [0.5, 0.6) is 0 Å². The molecule has 128 valence electrons. The predicted octanol–water partition coefficient (Wildman–Crippen LogP) is 1.40. The van der Waals surface area contributed by atoms with E-state index in [2.05, 4.69) is 52.5 Å². The van der Waals surface area contributed by atoms with E-state index in [1.807, 2.05) is 10.6 Å². The van der Waals surface area contributed by atoms with Gasteiger partial charge in [0.25, 0.3) is 0 Å². The highest BCUT2D eigenvalue weighted by Gasteiger charge is 2.30. The van der Waals surface area contributed by atoms with Crippen molar-refractivity contribution in [2.75, 3.05) is 13.1 Å². The fourth-order valence-corrected chi connectivity index (χ4v) is 3.32. The molecule has 1 N–H and O–H groups in total. The Bertz CT molecular complexity index is 696. The molecule has 3 rings (SSSR count). The summed E-state index contributed by atoms with van der Waals surface area (Å²) >= 11 is 0. The van der Waals surface area contributed by atoms with Crippen molar-refractivity contribution in [3.63, 3.8) is 0 Å². The van der Waals surface area contributed by atoms with Crippen LogP contribution in [0.3, 0.4) is 0 Å². The van der Waals surface area contributed by atoms with Crippen LogP contribution in [0.25, 0.3) is 0 Å². The molecule has 6 nitrogen and oxygen atoms in total. The zero-order valence-electron chi connectivity index (χ0n) is 14.4. The monoisotopic (exact) mass is 327 g/mol. The van der Waals surface area contributed by atoms with Crippen molar-refractivity contribution < 1.29 is 4.79 Å². The smallest absolute Gasteiger partial charge is 0.237 e. The second-order valence-electron chi connectivity index (χ2n) is 6.13. The molecule has 0 fully saturated rings. The Hall–Kier alpha value is -2.21. The molecule has 0 bridgehead atoms. The number of benzene rings is 1. The van der Waals surface area contributed by atoms with Crippen LogP contribution in [-0.4, -0.2) is 44.7 Å². The highest BCUT2D eigenvalue weighted by Crippen LogP contribution is 2.23. The maximum absolute atomic E-state index is 12.7. The number of amides is 1. The number of fused-ring (bicyclic) bond motifs is 1. The van der Waals surface area contributed by atoms with E-state index in [0.717, 1.165) is 31.9 Å². The number of hydrogen-bond acceptors (Lipinski definition) is 4. The molecule has 1 atom stereocenters. The number of nitrogens with one attached hydrogen (secondary N) is 1. The number of rotatable bonds is 6. The van der Waals surface area contributed by atoms with Gasteiger partial charge in [0.05, 0.1) is 6.04 Å². The average Bonchev–Trinajstić information content (AvgIpc) is 3.08. The first kappa shape index (κ1) is 16.6. The number of aromatic nitrogens is 3. The number of carbonyl (C=O) groups is 1. The molecule has 1 amide bonds. The number of likely N-dealkylation sites (N-methyl/N-ethyl adjacent to an activating group) is 1. The minimum Gasteiger partial charge on any atom is -0.354 e. The minimum absolute atomic E-state index is 0.0889. The number of aryl methyl sites for hydroxylation is 1. The molecule has 0 spiro atoms. The number of nitrogens with zero attached hydrogens (tertiary/aromatic N) is 4. The molecule has 6 heteroatoms. The molecule has 1 unspecified atom stereocenters. The Labute approximate surface area is 142 Å². The lowest BCUT2D eigenvalue weighted by molar-refractivity contribution is -0.126. The van der Waals surface area contributed by atoms with Gasteiger partial charge in [-0.05, 0) is 31.0 Å². The third-order valence-electron chi connectivity index (χ3n) is 4.74. The molecule has 2 aromatic rings. The van der Waals surface area contributed by atoms with Crippen molar-refractivity contribution in [3.8, 4) is 0 Å². The highest BCUT2D eigenvalue weighted by molar-refractivity contribution is 5.82. The first-order valence-corrected chi connectivity index (χ1v) is 8.68. The van der Waals surface area contributed by atoms with Crippen LogP contribution < -0.4 is 5.32 Å². The van der Waals surface area contributed by atoms with Crippen LogP contribution in [0, 0.1) is 0 Å². The third-order valence-corrected chi connectivity index (χ3v) is 4.74. The maximum Gasteiger partial charge on any atom is 0.237 e. The fraction of sp³-hybridized carbons (Fsp3) is 0.500. The van der Waals surface area contributed by atoms with E-state index >= 15 is 0 Å². The van der Waals surface area contributed by atoms with E-state index in [1.54, 1.807) is 6.33 Å². The number of carbonyl (C=O) groups excluding carboxylic acids is 1. The zero-order valence-corrected chi connectivity index (χ0v) is 14.4. The summed E-state index contributed by atoms with van der Waals surface area (Å²) in [4.78, 5) is 14.9. The Morgan fingerprint density at radius 2 is 2.04 bits per heavy atom. The molecule has 2 heterocycles. The van der Waals surface area contributed by atoms with Crippen LogP contribution in [0.2, 0.25) is 0 Å². The van der Waals surface area contributed by atoms with Crippen molar-refractivity contribution in [2.24, 2.45) is 0 Å². The summed E-state index contributed by atoms with van der Waals surface area (Å²) in [5, 5.41) is 11.1. The molecule has 0 saturated carbocycles. The topological polar surface area (TPSA) is 63.1 Å². The van der Waals surface area contributed by atoms with Crippen molar-refractivity contribution in [1.29, 1.82) is 0 Å². The second kappa shape index (κ2) is 7.57. The van der Waals surface area contributed by atoms with Crippen LogP contribution >= 0.6 is 0 Å². The van der Waals surface area contributed by atoms with Crippen LogP contribution in [0.4, 0.5) is 0 Å². The van der Waals surface area contributed by atoms with Crippen molar-refractivity contribution in [3.05, 3.63) is 47.5 Å². The van der Waals surface area contributed by atoms with E-state index in [0.29, 0.717) is 13.0 Å². The van der Waals surface area contributed by atoms with Gasteiger partial charge in [0.1, 0.15) is 12.2 Å². The van der Waals surface area contributed by atoms with Crippen LogP contribution in [0.1, 0.15) is 30.8 Å². The summed E-state index contributed by atoms with van der Waals surface area (Å²) in [5.74, 6) is 1.02. The normalized spacial score (nSPS) is 17.5. The summed E-state index contributed by atoms with van der Waals surface area (Å²) in [6.45, 7) is 7.32. The van der Waals surface area contributed by atoms with Gasteiger partial charge in [-0.25, -0.2) is 0 Å². The molecule has 1 aromatic carbocycles. The quantitative estimate of drug-likeness (QED) is 0.871. The highest BCUT2D eigenvalue weighted by atomic mass is 16.2. The van der Waals surface area contributed by atoms with E-state index in [9.17, 15) is 4.79 Å². The Kier molecular flexibility index (Phi) is 5.25. The van der Waals surface area contributed by atoms with Gasteiger partial charge < -0.3 is 9.88 Å². The minimum atomic E-state index is -0.0889. The fourth-order valence-electron chi connectivity index (χ4n) is 3.32. The SMILES string of the molecule is CCN1Cc2ccccc2CC1C(=O)NCCc1nncn1CC. The summed E-state index contributed by atoms with van der Waals surface area (Å²) < 4.78 is 2.00. The van der Waals surface area contributed by atoms with Gasteiger partial charge in [-0.15, -0.1) is 10.2 Å². The van der Waals surface area contributed by atoms with Crippen LogP contribution in [-0.2, 0) is 30.7 Å². The zero-order chi connectivity index (χ0) is 16.9. The molecular formula is C18H25N5O. The van der Waals surface area contributed by atoms with E-state index in [-0.39, 0.29) is 11.9 Å². The Morgan fingerprint density at radius 1 is 1.25 bits per heavy atom. The van der Waals surface area contributed by atoms with Gasteiger partial charge in [-0.3, -0.25) is 9.69 Å². The molecule has 0 saturated heterocycles. The van der Waals surface area contributed by atoms with Crippen molar-refractivity contribution >= 4 is 5.91 Å². The number of hydrogen-bond donors (Lipinski definition) is 1. The van der Waals surface area contributed by atoms with E-state index in [4.69, 9.17) is 0 Å². The van der Waals surface area contributed by atoms with Crippen molar-refractivity contribution in [1.82, 2.24) is 25.0 Å². The molecule has 1 aromatic heterocycles. The molecule has 24 heavy (non-hydrogen) atoms. The molecule has 0 aliphatic carbocycles. The first-order chi connectivity index (χ1) is 11.7. The summed E-state index contributed by atoms with van der Waals surface area (Å²) in [6, 6.07) is 8.31. The largest absolute Gasteiger partial charge is 0.354 e. The lowest BCUT2D eigenvalue weighted by Crippen LogP contribution is -2.50. The maximum atomic E-state index is 12.7. The van der Waals surface area contributed by atoms with Gasteiger partial charge in [-0.2, -0.15) is 0 Å². The standard InChI is InChI=1S/C18H25N5O/c1-3-22-12-15-8-6-5-7-14(15)11-16(22)18(24)19-10-9-17-21-20-13-23(17)4-2/h5-8,13,16H,3-4,9-12H2,1-2H3,(H,19,24). The van der Waals surface area contributed by atoms with Gasteiger partial charge in [0, 0.05) is 26.1 Å². The lowest BCUT2D eigenvalue weighted by atomic mass is 9.93. The second-order valence-corrected chi connectivity index (χ2v) is 6.13. The van der Waals surface area contributed by atoms with E-state index < -0.39 is 0 Å². The third kappa shape index (κ3) is 3.48. The van der Waals surface area contributed by atoms with Crippen LogP contribution in [0.15, 0.2) is 30.6 Å². The summed E-state index contributed by atoms with van der Waals surface area (Å²) in [7, 11) is 0. The van der Waals surface area contributed by atoms with Crippen molar-refractivity contribution in [2.45, 2.75) is 45.8 Å². The molecule has 1 aliphatic heterocycles. The summed E-state index contributed by atoms with van der Waals surface area (Å²) in [5.41, 5.74) is 2.62. The van der Waals surface area contributed by atoms with Gasteiger partial charge in [0.15, 0.2) is 0 Å². The van der Waals surface area contributed by atoms with E-state index in [1.165, 1.54) is 11.1 Å². The van der Waals surface area contributed by atoms with Gasteiger partial charge in [-0.1, -0.05) is 31.2 Å². The Balaban J connectivity index is 1.60. The lowest BCUT2D eigenvalue weighted by Gasteiger charge is -2.35. The summed E-state index contributed by atoms with van der Waals surface area (Å²) in [6.07, 6.45) is 3.21. The average molecular weight is 327 g/mol.